The molecule has 2 radical (unpaired) electrons. The summed E-state index contributed by atoms with van der Waals surface area (Å²) >= 11 is 0. The van der Waals surface area contributed by atoms with Crippen LogP contribution in [-0.2, 0) is 14.2 Å². The third kappa shape index (κ3) is 21.6. The molecule has 0 aliphatic heterocycles. The largest absolute Gasteiger partial charge is 0.394 e. The van der Waals surface area contributed by atoms with Gasteiger partial charge in [-0.1, -0.05) is 0 Å². The van der Waals surface area contributed by atoms with Crippen molar-refractivity contribution in [1.82, 2.24) is 0 Å². The molecule has 0 saturated heterocycles. The Bertz CT molecular complexity index is 87.1. The van der Waals surface area contributed by atoms with Crippen LogP contribution in [-0.4, -0.2) is 122 Å². The van der Waals surface area contributed by atoms with Crippen LogP contribution < -0.4 is 0 Å². The molecule has 0 unspecified atom stereocenters. The second kappa shape index (κ2) is 21.1. The molecule has 7 heteroatoms. The summed E-state index contributed by atoms with van der Waals surface area (Å²) in [6, 6.07) is 0. The van der Waals surface area contributed by atoms with Crippen LogP contribution in [0.1, 0.15) is 0 Å². The Morgan fingerprint density at radius 3 is 1.07 bits per heavy atom. The van der Waals surface area contributed by atoms with E-state index in [0.717, 1.165) is 0 Å². The van der Waals surface area contributed by atoms with E-state index < -0.39 is 0 Å². The Hall–Kier alpha value is 1.80. The molecule has 0 fully saturated rings. The minimum atomic E-state index is 0. The summed E-state index contributed by atoms with van der Waals surface area (Å²) in [5.41, 5.74) is 0. The van der Waals surface area contributed by atoms with Gasteiger partial charge < -0.3 is 24.4 Å². The Morgan fingerprint density at radius 1 is 0.533 bits per heavy atom. The third-order valence-corrected chi connectivity index (χ3v) is 1.22. The molecule has 0 aromatic heterocycles. The zero-order valence-electron chi connectivity index (χ0n) is 9.78. The second-order valence-electron chi connectivity index (χ2n) is 2.28. The molecule has 0 aliphatic carbocycles. The van der Waals surface area contributed by atoms with Gasteiger partial charge in [0.05, 0.1) is 52.9 Å². The molecule has 0 aliphatic rings. The van der Waals surface area contributed by atoms with Crippen molar-refractivity contribution in [3.8, 4) is 0 Å². The van der Waals surface area contributed by atoms with Crippen LogP contribution in [0.25, 0.3) is 0 Å². The van der Waals surface area contributed by atoms with E-state index in [0.29, 0.717) is 39.6 Å². The summed E-state index contributed by atoms with van der Waals surface area (Å²) in [7, 11) is 0. The van der Waals surface area contributed by atoms with Gasteiger partial charge in [-0.25, -0.2) is 0 Å². The molecule has 5 nitrogen and oxygen atoms in total. The van der Waals surface area contributed by atoms with Gasteiger partial charge in [0.15, 0.2) is 0 Å². The van der Waals surface area contributed by atoms with Gasteiger partial charge in [-0.05, 0) is 0 Å². The third-order valence-electron chi connectivity index (χ3n) is 1.22. The van der Waals surface area contributed by atoms with Crippen molar-refractivity contribution in [1.29, 1.82) is 0 Å². The van der Waals surface area contributed by atoms with E-state index in [2.05, 4.69) is 0 Å². The van der Waals surface area contributed by atoms with Gasteiger partial charge in [-0.3, -0.25) is 0 Å². The summed E-state index contributed by atoms with van der Waals surface area (Å²) in [5.74, 6) is 0. The average molecular weight is 240 g/mol. The minimum absolute atomic E-state index is 0. The number of aliphatic hydroxyl groups is 2. The second-order valence-corrected chi connectivity index (χ2v) is 2.28. The van der Waals surface area contributed by atoms with Crippen LogP contribution in [0.2, 0.25) is 0 Å². The van der Waals surface area contributed by atoms with Crippen LogP contribution in [0.4, 0.5) is 0 Å². The van der Waals surface area contributed by atoms with E-state index in [4.69, 9.17) is 24.4 Å². The quantitative estimate of drug-likeness (QED) is 0.350. The van der Waals surface area contributed by atoms with Crippen molar-refractivity contribution in [2.75, 3.05) is 52.9 Å². The smallest absolute Gasteiger partial charge is 0.0701 e. The SMILES string of the molecule is OCCOCCOCCOCCO.[Na].[Na]. The van der Waals surface area contributed by atoms with Gasteiger partial charge >= 0.3 is 0 Å². The van der Waals surface area contributed by atoms with Crippen molar-refractivity contribution in [2.45, 2.75) is 0 Å². The topological polar surface area (TPSA) is 68.2 Å². The minimum Gasteiger partial charge on any atom is -0.394 e. The van der Waals surface area contributed by atoms with E-state index in [1.807, 2.05) is 0 Å². The molecular weight excluding hydrogens is 222 g/mol. The summed E-state index contributed by atoms with van der Waals surface area (Å²) in [6.45, 7) is 2.76. The van der Waals surface area contributed by atoms with Crippen LogP contribution in [0.5, 0.6) is 0 Å². The Labute approximate surface area is 135 Å². The molecule has 0 atom stereocenters. The fourth-order valence-corrected chi connectivity index (χ4v) is 0.671. The summed E-state index contributed by atoms with van der Waals surface area (Å²) < 4.78 is 15.0. The molecule has 0 rings (SSSR count). The molecular formula is C8H18Na2O5. The zero-order valence-corrected chi connectivity index (χ0v) is 13.8. The van der Waals surface area contributed by atoms with Crippen molar-refractivity contribution in [3.63, 3.8) is 0 Å². The van der Waals surface area contributed by atoms with E-state index >= 15 is 0 Å². The monoisotopic (exact) mass is 240 g/mol. The van der Waals surface area contributed by atoms with E-state index in [1.54, 1.807) is 0 Å². The normalized spacial score (nSPS) is 9.20. The molecule has 15 heavy (non-hydrogen) atoms. The number of ether oxygens (including phenoxy) is 3. The fourth-order valence-electron chi connectivity index (χ4n) is 0.671. The number of rotatable bonds is 10. The summed E-state index contributed by atoms with van der Waals surface area (Å²) in [4.78, 5) is 0. The van der Waals surface area contributed by atoms with Crippen molar-refractivity contribution in [2.24, 2.45) is 0 Å². The molecule has 0 amide bonds. The predicted molar refractivity (Wildman–Crippen MR) is 58.1 cm³/mol. The molecule has 0 heterocycles. The van der Waals surface area contributed by atoms with Gasteiger partial charge in [-0.2, -0.15) is 0 Å². The molecule has 0 aromatic rings. The van der Waals surface area contributed by atoms with Crippen LogP contribution in [0.3, 0.4) is 0 Å². The first kappa shape index (κ1) is 22.0. The maximum absolute atomic E-state index is 8.36. The van der Waals surface area contributed by atoms with Gasteiger partial charge in [0.2, 0.25) is 0 Å². The molecule has 0 spiro atoms. The van der Waals surface area contributed by atoms with Crippen molar-refractivity contribution in [3.05, 3.63) is 0 Å². The first-order valence-corrected chi connectivity index (χ1v) is 4.36. The fraction of sp³-hybridized carbons (Fsp3) is 1.00. The van der Waals surface area contributed by atoms with Gasteiger partial charge in [0.25, 0.3) is 0 Å². The van der Waals surface area contributed by atoms with Gasteiger partial charge in [0, 0.05) is 59.1 Å². The Morgan fingerprint density at radius 2 is 0.800 bits per heavy atom. The number of hydrogen-bond donors (Lipinski definition) is 2. The molecule has 0 saturated carbocycles. The maximum atomic E-state index is 8.36. The number of aliphatic hydroxyl groups excluding tert-OH is 2. The molecule has 0 bridgehead atoms. The maximum Gasteiger partial charge on any atom is 0.0701 e. The van der Waals surface area contributed by atoms with Crippen LogP contribution in [0.15, 0.2) is 0 Å². The van der Waals surface area contributed by atoms with Crippen molar-refractivity contribution < 1.29 is 24.4 Å². The van der Waals surface area contributed by atoms with Crippen LogP contribution >= 0.6 is 0 Å². The van der Waals surface area contributed by atoms with Gasteiger partial charge in [0.1, 0.15) is 0 Å². The zero-order chi connectivity index (χ0) is 9.78. The first-order chi connectivity index (χ1) is 6.41. The average Bonchev–Trinajstić information content (AvgIpc) is 2.16. The Balaban J connectivity index is -0.000000720. The molecule has 82 valence electrons. The van der Waals surface area contributed by atoms with Crippen molar-refractivity contribution >= 4 is 59.1 Å². The molecule has 0 aromatic carbocycles. The first-order valence-electron chi connectivity index (χ1n) is 4.36. The van der Waals surface area contributed by atoms with E-state index in [-0.39, 0.29) is 72.3 Å². The van der Waals surface area contributed by atoms with Crippen LogP contribution in [0, 0.1) is 0 Å². The van der Waals surface area contributed by atoms with Gasteiger partial charge in [-0.15, -0.1) is 0 Å². The molecule has 2 N–H and O–H groups in total. The Kier molecular flexibility index (Phi) is 31.0. The van der Waals surface area contributed by atoms with E-state index in [1.165, 1.54) is 0 Å². The van der Waals surface area contributed by atoms with E-state index in [9.17, 15) is 0 Å². The summed E-state index contributed by atoms with van der Waals surface area (Å²) in [5, 5.41) is 16.7. The standard InChI is InChI=1S/C8H18O5.2Na/c9-1-3-11-5-7-13-8-6-12-4-2-10;;/h9-10H,1-8H2;;. The predicted octanol–water partition coefficient (Wildman–Crippen LogP) is -1.74. The number of hydrogen-bond acceptors (Lipinski definition) is 5. The summed E-state index contributed by atoms with van der Waals surface area (Å²) in [6.07, 6.45) is 0.